The number of benzene rings is 2. The molecule has 0 aliphatic rings. The molecule has 2 aromatic rings. The van der Waals surface area contributed by atoms with Gasteiger partial charge in [0.15, 0.2) is 0 Å². The molecule has 0 spiro atoms. The highest BCUT2D eigenvalue weighted by molar-refractivity contribution is 6.30. The van der Waals surface area contributed by atoms with E-state index in [4.69, 9.17) is 11.6 Å². The van der Waals surface area contributed by atoms with Crippen LogP contribution >= 0.6 is 11.6 Å². The van der Waals surface area contributed by atoms with Crippen LogP contribution in [-0.2, 0) is 4.79 Å². The summed E-state index contributed by atoms with van der Waals surface area (Å²) in [7, 11) is 1.75. The maximum absolute atomic E-state index is 12.1. The summed E-state index contributed by atoms with van der Waals surface area (Å²) in [6.45, 7) is 0. The van der Waals surface area contributed by atoms with E-state index in [1.165, 1.54) is 6.20 Å². The van der Waals surface area contributed by atoms with Crippen LogP contribution in [0, 0.1) is 11.3 Å². The van der Waals surface area contributed by atoms with Crippen molar-refractivity contribution in [1.82, 2.24) is 0 Å². The van der Waals surface area contributed by atoms with E-state index in [1.807, 2.05) is 30.3 Å². The lowest BCUT2D eigenvalue weighted by Gasteiger charge is -2.15. The predicted octanol–water partition coefficient (Wildman–Crippen LogP) is 3.82. The predicted molar refractivity (Wildman–Crippen MR) is 88.6 cm³/mol. The molecule has 0 heterocycles. The zero-order valence-corrected chi connectivity index (χ0v) is 12.7. The number of carbonyl (C=O) groups excluding carboxylic acids is 1. The largest absolute Gasteiger partial charge is 0.349 e. The Labute approximate surface area is 134 Å². The number of nitrogens with one attached hydrogen (secondary N) is 1. The third kappa shape index (κ3) is 4.11. The highest BCUT2D eigenvalue weighted by atomic mass is 35.5. The van der Waals surface area contributed by atoms with E-state index in [1.54, 1.807) is 42.3 Å². The average molecular weight is 312 g/mol. The average Bonchev–Trinajstić information content (AvgIpc) is 2.53. The van der Waals surface area contributed by atoms with E-state index >= 15 is 0 Å². The Bertz CT molecular complexity index is 735. The van der Waals surface area contributed by atoms with Crippen molar-refractivity contribution in [3.8, 4) is 6.07 Å². The monoisotopic (exact) mass is 311 g/mol. The lowest BCUT2D eigenvalue weighted by Crippen LogP contribution is -2.17. The van der Waals surface area contributed by atoms with Crippen molar-refractivity contribution in [3.63, 3.8) is 0 Å². The molecular formula is C17H14ClN3O. The topological polar surface area (TPSA) is 56.1 Å². The standard InChI is InChI=1S/C17H14ClN3O/c1-21(16-9-5-6-14(18)10-16)12-13(11-19)17(22)20-15-7-3-2-4-8-15/h2-10,12H,1H3,(H,20,22)/b13-12+. The number of rotatable bonds is 4. The Morgan fingerprint density at radius 3 is 2.59 bits per heavy atom. The van der Waals surface area contributed by atoms with Gasteiger partial charge in [0.1, 0.15) is 11.6 Å². The fourth-order valence-corrected chi connectivity index (χ4v) is 2.01. The molecule has 2 aromatic carbocycles. The van der Waals surface area contributed by atoms with Gasteiger partial charge >= 0.3 is 0 Å². The summed E-state index contributed by atoms with van der Waals surface area (Å²) in [5.41, 5.74) is 1.43. The summed E-state index contributed by atoms with van der Waals surface area (Å²) in [5, 5.41) is 12.5. The summed E-state index contributed by atoms with van der Waals surface area (Å²) >= 11 is 5.94. The molecule has 4 nitrogen and oxygen atoms in total. The van der Waals surface area contributed by atoms with Crippen molar-refractivity contribution in [2.75, 3.05) is 17.3 Å². The molecule has 1 N–H and O–H groups in total. The number of hydrogen-bond acceptors (Lipinski definition) is 3. The maximum atomic E-state index is 12.1. The second kappa shape index (κ2) is 7.30. The normalized spacial score (nSPS) is 10.7. The van der Waals surface area contributed by atoms with E-state index in [9.17, 15) is 10.1 Å². The van der Waals surface area contributed by atoms with Crippen LogP contribution in [0.3, 0.4) is 0 Å². The van der Waals surface area contributed by atoms with E-state index in [0.717, 1.165) is 5.69 Å². The van der Waals surface area contributed by atoms with Crippen LogP contribution in [-0.4, -0.2) is 13.0 Å². The van der Waals surface area contributed by atoms with Crippen LogP contribution in [0.4, 0.5) is 11.4 Å². The summed E-state index contributed by atoms with van der Waals surface area (Å²) in [5.74, 6) is -0.456. The van der Waals surface area contributed by atoms with Gasteiger partial charge in [-0.25, -0.2) is 0 Å². The van der Waals surface area contributed by atoms with Crippen molar-refractivity contribution in [2.24, 2.45) is 0 Å². The number of hydrogen-bond donors (Lipinski definition) is 1. The van der Waals surface area contributed by atoms with Gasteiger partial charge in [-0.3, -0.25) is 4.79 Å². The quantitative estimate of drug-likeness (QED) is 0.690. The van der Waals surface area contributed by atoms with E-state index in [2.05, 4.69) is 5.32 Å². The van der Waals surface area contributed by atoms with Crippen LogP contribution in [0.2, 0.25) is 5.02 Å². The van der Waals surface area contributed by atoms with Gasteiger partial charge in [0, 0.05) is 29.6 Å². The number of para-hydroxylation sites is 1. The summed E-state index contributed by atoms with van der Waals surface area (Å²) in [6, 6.07) is 18.1. The first kappa shape index (κ1) is 15.6. The number of amides is 1. The minimum Gasteiger partial charge on any atom is -0.349 e. The molecule has 22 heavy (non-hydrogen) atoms. The highest BCUT2D eigenvalue weighted by Gasteiger charge is 2.11. The molecule has 0 bridgehead atoms. The second-order valence-corrected chi connectivity index (χ2v) is 5.00. The molecule has 0 radical (unpaired) electrons. The highest BCUT2D eigenvalue weighted by Crippen LogP contribution is 2.19. The number of halogens is 1. The molecule has 0 aromatic heterocycles. The Hall–Kier alpha value is -2.77. The summed E-state index contributed by atoms with van der Waals surface area (Å²) in [6.07, 6.45) is 1.48. The Morgan fingerprint density at radius 2 is 1.95 bits per heavy atom. The number of nitrogens with zero attached hydrogens (tertiary/aromatic N) is 2. The minimum absolute atomic E-state index is 0.00586. The molecule has 0 fully saturated rings. The van der Waals surface area contributed by atoms with Gasteiger partial charge in [0.05, 0.1) is 0 Å². The first-order valence-electron chi connectivity index (χ1n) is 6.57. The lowest BCUT2D eigenvalue weighted by atomic mass is 10.2. The zero-order valence-electron chi connectivity index (χ0n) is 12.0. The maximum Gasteiger partial charge on any atom is 0.267 e. The molecule has 0 saturated heterocycles. The van der Waals surface area contributed by atoms with Gasteiger partial charge in [0.2, 0.25) is 0 Å². The van der Waals surface area contributed by atoms with Crippen molar-refractivity contribution >= 4 is 28.9 Å². The van der Waals surface area contributed by atoms with Crippen molar-refractivity contribution in [2.45, 2.75) is 0 Å². The van der Waals surface area contributed by atoms with Gasteiger partial charge in [-0.1, -0.05) is 35.9 Å². The third-order valence-electron chi connectivity index (χ3n) is 2.93. The van der Waals surface area contributed by atoms with Crippen LogP contribution < -0.4 is 10.2 Å². The Kier molecular flexibility index (Phi) is 5.18. The van der Waals surface area contributed by atoms with E-state index < -0.39 is 5.91 Å². The molecular weight excluding hydrogens is 298 g/mol. The van der Waals surface area contributed by atoms with Crippen molar-refractivity contribution in [1.29, 1.82) is 5.26 Å². The van der Waals surface area contributed by atoms with Crippen LogP contribution in [0.15, 0.2) is 66.4 Å². The molecule has 110 valence electrons. The molecule has 1 amide bonds. The van der Waals surface area contributed by atoms with Crippen LogP contribution in [0.1, 0.15) is 0 Å². The number of carbonyl (C=O) groups is 1. The van der Waals surface area contributed by atoms with Gasteiger partial charge in [-0.05, 0) is 30.3 Å². The van der Waals surface area contributed by atoms with Crippen molar-refractivity contribution < 1.29 is 4.79 Å². The molecule has 0 aliphatic carbocycles. The summed E-state index contributed by atoms with van der Waals surface area (Å²) in [4.78, 5) is 13.8. The first-order chi connectivity index (χ1) is 10.6. The zero-order chi connectivity index (χ0) is 15.9. The SMILES string of the molecule is CN(/C=C(\C#N)C(=O)Nc1ccccc1)c1cccc(Cl)c1. The Morgan fingerprint density at radius 1 is 1.23 bits per heavy atom. The lowest BCUT2D eigenvalue weighted by molar-refractivity contribution is -0.112. The number of nitriles is 1. The van der Waals surface area contributed by atoms with E-state index in [0.29, 0.717) is 10.7 Å². The van der Waals surface area contributed by atoms with Crippen LogP contribution in [0.5, 0.6) is 0 Å². The molecule has 0 unspecified atom stereocenters. The van der Waals surface area contributed by atoms with Crippen LogP contribution in [0.25, 0.3) is 0 Å². The molecule has 0 saturated carbocycles. The molecule has 5 heteroatoms. The minimum atomic E-state index is -0.456. The fourth-order valence-electron chi connectivity index (χ4n) is 1.82. The smallest absolute Gasteiger partial charge is 0.267 e. The molecule has 2 rings (SSSR count). The van der Waals surface area contributed by atoms with Gasteiger partial charge in [0.25, 0.3) is 5.91 Å². The molecule has 0 atom stereocenters. The van der Waals surface area contributed by atoms with Gasteiger partial charge in [-0.15, -0.1) is 0 Å². The van der Waals surface area contributed by atoms with Gasteiger partial charge in [-0.2, -0.15) is 5.26 Å². The summed E-state index contributed by atoms with van der Waals surface area (Å²) < 4.78 is 0. The molecule has 0 aliphatic heterocycles. The van der Waals surface area contributed by atoms with Crippen molar-refractivity contribution in [3.05, 3.63) is 71.4 Å². The first-order valence-corrected chi connectivity index (χ1v) is 6.94. The van der Waals surface area contributed by atoms with E-state index in [-0.39, 0.29) is 5.57 Å². The Balaban J connectivity index is 2.16. The fraction of sp³-hybridized carbons (Fsp3) is 0.0588. The van der Waals surface area contributed by atoms with Gasteiger partial charge < -0.3 is 10.2 Å². The third-order valence-corrected chi connectivity index (χ3v) is 3.17. The number of anilines is 2. The second-order valence-electron chi connectivity index (χ2n) is 4.57.